The molecule has 3 rings (SSSR count). The lowest BCUT2D eigenvalue weighted by molar-refractivity contribution is 0.398. The van der Waals surface area contributed by atoms with Gasteiger partial charge in [0.1, 0.15) is 11.5 Å². The molecule has 0 aliphatic rings. The third-order valence-electron chi connectivity index (χ3n) is 4.10. The minimum absolute atomic E-state index is 0.0763. The smallest absolute Gasteiger partial charge is 0.259 e. The molecule has 0 atom stereocenters. The van der Waals surface area contributed by atoms with Crippen LogP contribution in [-0.2, 0) is 13.1 Å². The molecule has 0 spiro atoms. The average Bonchev–Trinajstić information content (AvgIpc) is 2.63. The van der Waals surface area contributed by atoms with E-state index in [1.54, 1.807) is 37.1 Å². The fourth-order valence-corrected chi connectivity index (χ4v) is 2.73. The van der Waals surface area contributed by atoms with Gasteiger partial charge in [0.05, 0.1) is 26.2 Å². The van der Waals surface area contributed by atoms with E-state index in [0.29, 0.717) is 30.0 Å². The van der Waals surface area contributed by atoms with Crippen molar-refractivity contribution in [3.8, 4) is 11.5 Å². The lowest BCUT2D eigenvalue weighted by atomic mass is 10.1. The Labute approximate surface area is 140 Å². The number of fused-ring (bicyclic) bond motifs is 1. The number of rotatable bonds is 5. The summed E-state index contributed by atoms with van der Waals surface area (Å²) in [6, 6.07) is 13.4. The zero-order valence-electron chi connectivity index (χ0n) is 13.8. The van der Waals surface area contributed by atoms with Crippen LogP contribution in [-0.4, -0.2) is 18.8 Å². The normalized spacial score (nSPS) is 10.8. The van der Waals surface area contributed by atoms with Crippen molar-refractivity contribution in [2.75, 3.05) is 14.2 Å². The van der Waals surface area contributed by atoms with Crippen molar-refractivity contribution in [2.24, 2.45) is 5.73 Å². The molecule has 5 heteroatoms. The number of nitrogens with zero attached hydrogens (tertiary/aromatic N) is 1. The van der Waals surface area contributed by atoms with Crippen molar-refractivity contribution in [3.63, 3.8) is 0 Å². The van der Waals surface area contributed by atoms with Crippen LogP contribution in [0.5, 0.6) is 11.5 Å². The van der Waals surface area contributed by atoms with E-state index >= 15 is 0 Å². The van der Waals surface area contributed by atoms with Crippen LogP contribution in [0.15, 0.2) is 53.5 Å². The van der Waals surface area contributed by atoms with Crippen LogP contribution in [0.2, 0.25) is 0 Å². The molecule has 2 N–H and O–H groups in total. The molecular formula is C19H20N2O3. The van der Waals surface area contributed by atoms with Crippen molar-refractivity contribution in [1.82, 2.24) is 4.57 Å². The molecule has 0 unspecified atom stereocenters. The van der Waals surface area contributed by atoms with E-state index < -0.39 is 0 Å². The van der Waals surface area contributed by atoms with E-state index in [2.05, 4.69) is 0 Å². The second-order valence-electron chi connectivity index (χ2n) is 5.56. The largest absolute Gasteiger partial charge is 0.497 e. The van der Waals surface area contributed by atoms with Crippen molar-refractivity contribution in [3.05, 3.63) is 70.1 Å². The zero-order valence-corrected chi connectivity index (χ0v) is 13.8. The number of ether oxygens (including phenoxy) is 2. The van der Waals surface area contributed by atoms with Gasteiger partial charge in [-0.15, -0.1) is 0 Å². The Morgan fingerprint density at radius 2 is 1.67 bits per heavy atom. The third-order valence-corrected chi connectivity index (χ3v) is 4.10. The average molecular weight is 324 g/mol. The predicted molar refractivity (Wildman–Crippen MR) is 94.7 cm³/mol. The number of pyridine rings is 1. The van der Waals surface area contributed by atoms with Gasteiger partial charge in [-0.05, 0) is 23.3 Å². The quantitative estimate of drug-likeness (QED) is 0.783. The molecule has 24 heavy (non-hydrogen) atoms. The maximum Gasteiger partial charge on any atom is 0.259 e. The van der Waals surface area contributed by atoms with Crippen LogP contribution >= 0.6 is 0 Å². The molecule has 3 aromatic rings. The van der Waals surface area contributed by atoms with Gasteiger partial charge in [0, 0.05) is 24.2 Å². The number of methoxy groups -OCH3 is 2. The lowest BCUT2D eigenvalue weighted by Gasteiger charge is -2.11. The Bertz CT molecular complexity index is 914. The molecular weight excluding hydrogens is 304 g/mol. The highest BCUT2D eigenvalue weighted by atomic mass is 16.5. The summed E-state index contributed by atoms with van der Waals surface area (Å²) in [5, 5.41) is 1.35. The summed E-state index contributed by atoms with van der Waals surface area (Å²) in [4.78, 5) is 12.8. The van der Waals surface area contributed by atoms with E-state index in [0.717, 1.165) is 16.5 Å². The van der Waals surface area contributed by atoms with E-state index in [-0.39, 0.29) is 5.56 Å². The zero-order chi connectivity index (χ0) is 17.1. The van der Waals surface area contributed by atoms with Crippen molar-refractivity contribution >= 4 is 10.8 Å². The van der Waals surface area contributed by atoms with E-state index in [1.165, 1.54) is 0 Å². The first-order valence-corrected chi connectivity index (χ1v) is 7.69. The highest BCUT2D eigenvalue weighted by Gasteiger charge is 2.10. The topological polar surface area (TPSA) is 66.5 Å². The van der Waals surface area contributed by atoms with Gasteiger partial charge in [-0.3, -0.25) is 4.79 Å². The van der Waals surface area contributed by atoms with Gasteiger partial charge in [0.25, 0.3) is 5.56 Å². The first-order valence-electron chi connectivity index (χ1n) is 7.69. The van der Waals surface area contributed by atoms with Crippen molar-refractivity contribution in [2.45, 2.75) is 13.1 Å². The van der Waals surface area contributed by atoms with Gasteiger partial charge in [-0.25, -0.2) is 0 Å². The Kier molecular flexibility index (Phi) is 4.53. The summed E-state index contributed by atoms with van der Waals surface area (Å²) in [5.74, 6) is 1.22. The summed E-state index contributed by atoms with van der Waals surface area (Å²) in [6.45, 7) is 1.01. The Morgan fingerprint density at radius 3 is 2.29 bits per heavy atom. The summed E-state index contributed by atoms with van der Waals surface area (Å²) < 4.78 is 12.3. The van der Waals surface area contributed by atoms with Gasteiger partial charge in [-0.1, -0.05) is 24.3 Å². The summed E-state index contributed by atoms with van der Waals surface area (Å²) in [6.07, 6.45) is 1.79. The standard InChI is InChI=1S/C19H20N2O3/c1-23-15-9-17-16(18(10-15)24-2)7-8-21(19(17)22)12-14-5-3-13(11-20)4-6-14/h3-10H,11-12,20H2,1-2H3. The van der Waals surface area contributed by atoms with Crippen LogP contribution in [0.4, 0.5) is 0 Å². The van der Waals surface area contributed by atoms with Crippen LogP contribution in [0.3, 0.4) is 0 Å². The molecule has 0 saturated carbocycles. The molecule has 0 saturated heterocycles. The highest BCUT2D eigenvalue weighted by Crippen LogP contribution is 2.29. The van der Waals surface area contributed by atoms with Crippen molar-refractivity contribution in [1.29, 1.82) is 0 Å². The highest BCUT2D eigenvalue weighted by molar-refractivity contribution is 5.89. The van der Waals surface area contributed by atoms with Gasteiger partial charge < -0.3 is 19.8 Å². The van der Waals surface area contributed by atoms with Crippen molar-refractivity contribution < 1.29 is 9.47 Å². The summed E-state index contributed by atoms with van der Waals surface area (Å²) in [5.41, 5.74) is 7.65. The Balaban J connectivity index is 2.05. The second-order valence-corrected chi connectivity index (χ2v) is 5.56. The molecule has 1 heterocycles. The van der Waals surface area contributed by atoms with Gasteiger partial charge in [0.15, 0.2) is 0 Å². The maximum atomic E-state index is 12.8. The molecule has 5 nitrogen and oxygen atoms in total. The van der Waals surface area contributed by atoms with Crippen LogP contribution in [0.1, 0.15) is 11.1 Å². The summed E-state index contributed by atoms with van der Waals surface area (Å²) >= 11 is 0. The molecule has 1 aromatic heterocycles. The minimum atomic E-state index is -0.0763. The number of aromatic nitrogens is 1. The molecule has 0 radical (unpaired) electrons. The monoisotopic (exact) mass is 324 g/mol. The molecule has 2 aromatic carbocycles. The number of nitrogens with two attached hydrogens (primary N) is 1. The molecule has 124 valence electrons. The molecule has 0 aliphatic carbocycles. The van der Waals surface area contributed by atoms with E-state index in [1.807, 2.05) is 30.3 Å². The number of benzene rings is 2. The van der Waals surface area contributed by atoms with Gasteiger partial charge >= 0.3 is 0 Å². The number of hydrogen-bond acceptors (Lipinski definition) is 4. The fraction of sp³-hybridized carbons (Fsp3) is 0.211. The maximum absolute atomic E-state index is 12.8. The molecule has 0 amide bonds. The predicted octanol–water partition coefficient (Wildman–Crippen LogP) is 2.53. The van der Waals surface area contributed by atoms with Crippen LogP contribution in [0.25, 0.3) is 10.8 Å². The molecule has 0 bridgehead atoms. The van der Waals surface area contributed by atoms with E-state index in [4.69, 9.17) is 15.2 Å². The van der Waals surface area contributed by atoms with Crippen LogP contribution in [0, 0.1) is 0 Å². The first kappa shape index (κ1) is 16.1. The van der Waals surface area contributed by atoms with Gasteiger partial charge in [0.2, 0.25) is 0 Å². The minimum Gasteiger partial charge on any atom is -0.497 e. The van der Waals surface area contributed by atoms with Crippen LogP contribution < -0.4 is 20.8 Å². The Hall–Kier alpha value is -2.79. The second kappa shape index (κ2) is 6.76. The van der Waals surface area contributed by atoms with Gasteiger partial charge in [-0.2, -0.15) is 0 Å². The lowest BCUT2D eigenvalue weighted by Crippen LogP contribution is -2.20. The number of hydrogen-bond donors (Lipinski definition) is 1. The third kappa shape index (κ3) is 2.98. The molecule has 0 fully saturated rings. The molecule has 0 aliphatic heterocycles. The summed E-state index contributed by atoms with van der Waals surface area (Å²) in [7, 11) is 3.15. The Morgan fingerprint density at radius 1 is 0.958 bits per heavy atom. The fourth-order valence-electron chi connectivity index (χ4n) is 2.73. The van der Waals surface area contributed by atoms with E-state index in [9.17, 15) is 4.79 Å². The SMILES string of the molecule is COc1cc(OC)c2ccn(Cc3ccc(CN)cc3)c(=O)c2c1. The first-order chi connectivity index (χ1) is 11.7.